The zero-order valence-electron chi connectivity index (χ0n) is 12.0. The van der Waals surface area contributed by atoms with Crippen molar-refractivity contribution in [3.63, 3.8) is 0 Å². The minimum atomic E-state index is 0.0650. The number of rotatable bonds is 5. The molecule has 0 aliphatic carbocycles. The van der Waals surface area contributed by atoms with Gasteiger partial charge in [0.2, 0.25) is 5.91 Å². The number of aromatic amines is 1. The van der Waals surface area contributed by atoms with Gasteiger partial charge in [0, 0.05) is 22.0 Å². The SMILES string of the molecule is CCc1ccsc1CNC(=O)Cc1c[nH]c2ccccc12. The Kier molecular flexibility index (Phi) is 4.06. The summed E-state index contributed by atoms with van der Waals surface area (Å²) in [7, 11) is 0. The van der Waals surface area contributed by atoms with Crippen LogP contribution in [0.2, 0.25) is 0 Å². The number of para-hydroxylation sites is 1. The molecule has 21 heavy (non-hydrogen) atoms. The molecule has 0 saturated carbocycles. The molecule has 0 spiro atoms. The molecule has 108 valence electrons. The van der Waals surface area contributed by atoms with Crippen LogP contribution in [0.4, 0.5) is 0 Å². The molecule has 3 nitrogen and oxygen atoms in total. The Balaban J connectivity index is 1.64. The van der Waals surface area contributed by atoms with Crippen molar-refractivity contribution in [2.45, 2.75) is 26.3 Å². The van der Waals surface area contributed by atoms with Gasteiger partial charge in [0.25, 0.3) is 0 Å². The van der Waals surface area contributed by atoms with Crippen LogP contribution in [-0.2, 0) is 24.2 Å². The highest BCUT2D eigenvalue weighted by molar-refractivity contribution is 7.10. The Morgan fingerprint density at radius 1 is 1.24 bits per heavy atom. The summed E-state index contributed by atoms with van der Waals surface area (Å²) < 4.78 is 0. The quantitative estimate of drug-likeness (QED) is 0.742. The van der Waals surface area contributed by atoms with Crippen LogP contribution in [0.3, 0.4) is 0 Å². The number of amides is 1. The number of benzene rings is 1. The number of aromatic nitrogens is 1. The molecule has 0 atom stereocenters. The summed E-state index contributed by atoms with van der Waals surface area (Å²) >= 11 is 1.71. The third kappa shape index (κ3) is 3.00. The molecule has 0 unspecified atom stereocenters. The summed E-state index contributed by atoms with van der Waals surface area (Å²) in [5.74, 6) is 0.0650. The number of aryl methyl sites for hydroxylation is 1. The molecule has 0 radical (unpaired) electrons. The predicted molar refractivity (Wildman–Crippen MR) is 87.5 cm³/mol. The molecule has 3 rings (SSSR count). The molecule has 2 N–H and O–H groups in total. The van der Waals surface area contributed by atoms with Crippen LogP contribution >= 0.6 is 11.3 Å². The molecule has 4 heteroatoms. The number of H-pyrrole nitrogens is 1. The zero-order valence-corrected chi connectivity index (χ0v) is 12.8. The second-order valence-electron chi connectivity index (χ2n) is 5.04. The maximum absolute atomic E-state index is 12.1. The third-order valence-corrected chi connectivity index (χ3v) is 4.65. The lowest BCUT2D eigenvalue weighted by atomic mass is 10.1. The van der Waals surface area contributed by atoms with Gasteiger partial charge in [0.05, 0.1) is 13.0 Å². The molecular formula is C17H18N2OS. The minimum absolute atomic E-state index is 0.0650. The average molecular weight is 298 g/mol. The van der Waals surface area contributed by atoms with E-state index in [1.165, 1.54) is 10.4 Å². The van der Waals surface area contributed by atoms with Gasteiger partial charge in [-0.05, 0) is 35.1 Å². The standard InChI is InChI=1S/C17H18N2OS/c1-2-12-7-8-21-16(12)11-19-17(20)9-13-10-18-15-6-4-3-5-14(13)15/h3-8,10,18H,2,9,11H2,1H3,(H,19,20). The van der Waals surface area contributed by atoms with Crippen molar-refractivity contribution in [2.75, 3.05) is 0 Å². The molecule has 0 bridgehead atoms. The van der Waals surface area contributed by atoms with Crippen LogP contribution in [0.15, 0.2) is 41.9 Å². The fraction of sp³-hybridized carbons (Fsp3) is 0.235. The van der Waals surface area contributed by atoms with Crippen LogP contribution < -0.4 is 5.32 Å². The van der Waals surface area contributed by atoms with E-state index in [-0.39, 0.29) is 5.91 Å². The number of hydrogen-bond donors (Lipinski definition) is 2. The molecular weight excluding hydrogens is 280 g/mol. The molecule has 1 aromatic carbocycles. The lowest BCUT2D eigenvalue weighted by Gasteiger charge is -2.05. The number of nitrogens with one attached hydrogen (secondary N) is 2. The van der Waals surface area contributed by atoms with Gasteiger partial charge < -0.3 is 10.3 Å². The predicted octanol–water partition coefficient (Wildman–Crippen LogP) is 3.65. The van der Waals surface area contributed by atoms with Crippen LogP contribution in [0.5, 0.6) is 0 Å². The highest BCUT2D eigenvalue weighted by Crippen LogP contribution is 2.19. The first kappa shape index (κ1) is 13.9. The Bertz CT molecular complexity index is 757. The van der Waals surface area contributed by atoms with E-state index in [1.54, 1.807) is 11.3 Å². The van der Waals surface area contributed by atoms with E-state index in [9.17, 15) is 4.79 Å². The molecule has 0 saturated heterocycles. The van der Waals surface area contributed by atoms with Crippen molar-refractivity contribution in [1.29, 1.82) is 0 Å². The van der Waals surface area contributed by atoms with Gasteiger partial charge in [0.15, 0.2) is 0 Å². The van der Waals surface area contributed by atoms with E-state index in [1.807, 2.05) is 30.5 Å². The van der Waals surface area contributed by atoms with Crippen molar-refractivity contribution in [1.82, 2.24) is 10.3 Å². The second-order valence-corrected chi connectivity index (χ2v) is 6.04. The van der Waals surface area contributed by atoms with Gasteiger partial charge in [0.1, 0.15) is 0 Å². The average Bonchev–Trinajstić information content (AvgIpc) is 3.12. The van der Waals surface area contributed by atoms with E-state index in [4.69, 9.17) is 0 Å². The molecule has 0 fully saturated rings. The van der Waals surface area contributed by atoms with Gasteiger partial charge >= 0.3 is 0 Å². The van der Waals surface area contributed by atoms with Crippen molar-refractivity contribution >= 4 is 28.1 Å². The third-order valence-electron chi connectivity index (χ3n) is 3.69. The van der Waals surface area contributed by atoms with Crippen LogP contribution in [-0.4, -0.2) is 10.9 Å². The van der Waals surface area contributed by atoms with E-state index in [0.29, 0.717) is 13.0 Å². The van der Waals surface area contributed by atoms with E-state index in [0.717, 1.165) is 22.9 Å². The number of carbonyl (C=O) groups excluding carboxylic acids is 1. The summed E-state index contributed by atoms with van der Waals surface area (Å²) in [4.78, 5) is 16.6. The molecule has 2 aromatic heterocycles. The highest BCUT2D eigenvalue weighted by atomic mass is 32.1. The largest absolute Gasteiger partial charge is 0.361 e. The Morgan fingerprint density at radius 2 is 2.10 bits per heavy atom. The van der Waals surface area contributed by atoms with Crippen molar-refractivity contribution in [3.8, 4) is 0 Å². The van der Waals surface area contributed by atoms with Crippen LogP contribution in [0.25, 0.3) is 10.9 Å². The van der Waals surface area contributed by atoms with E-state index < -0.39 is 0 Å². The number of thiophene rings is 1. The van der Waals surface area contributed by atoms with Gasteiger partial charge in [-0.1, -0.05) is 25.1 Å². The molecule has 0 aliphatic rings. The second kappa shape index (κ2) is 6.14. The monoisotopic (exact) mass is 298 g/mol. The fourth-order valence-electron chi connectivity index (χ4n) is 2.53. The molecule has 1 amide bonds. The van der Waals surface area contributed by atoms with Gasteiger partial charge in [-0.25, -0.2) is 0 Å². The first-order valence-corrected chi connectivity index (χ1v) is 8.03. The van der Waals surface area contributed by atoms with Crippen LogP contribution in [0, 0.1) is 0 Å². The molecule has 3 aromatic rings. The summed E-state index contributed by atoms with van der Waals surface area (Å²) in [6.07, 6.45) is 3.35. The topological polar surface area (TPSA) is 44.9 Å². The first-order chi connectivity index (χ1) is 10.3. The number of hydrogen-bond acceptors (Lipinski definition) is 2. The zero-order chi connectivity index (χ0) is 14.7. The maximum atomic E-state index is 12.1. The normalized spacial score (nSPS) is 10.9. The first-order valence-electron chi connectivity index (χ1n) is 7.15. The Morgan fingerprint density at radius 3 is 2.95 bits per heavy atom. The molecule has 2 heterocycles. The van der Waals surface area contributed by atoms with Gasteiger partial charge in [-0.15, -0.1) is 11.3 Å². The summed E-state index contributed by atoms with van der Waals surface area (Å²) in [5, 5.41) is 6.23. The number of fused-ring (bicyclic) bond motifs is 1. The smallest absolute Gasteiger partial charge is 0.224 e. The van der Waals surface area contributed by atoms with E-state index >= 15 is 0 Å². The Labute approximate surface area is 128 Å². The van der Waals surface area contributed by atoms with Crippen molar-refractivity contribution < 1.29 is 4.79 Å². The van der Waals surface area contributed by atoms with Crippen molar-refractivity contribution in [3.05, 3.63) is 57.9 Å². The van der Waals surface area contributed by atoms with Crippen LogP contribution in [0.1, 0.15) is 22.9 Å². The summed E-state index contributed by atoms with van der Waals surface area (Å²) in [6, 6.07) is 10.2. The minimum Gasteiger partial charge on any atom is -0.361 e. The highest BCUT2D eigenvalue weighted by Gasteiger charge is 2.09. The maximum Gasteiger partial charge on any atom is 0.224 e. The summed E-state index contributed by atoms with van der Waals surface area (Å²) in [5.41, 5.74) is 3.45. The number of carbonyl (C=O) groups is 1. The van der Waals surface area contributed by atoms with E-state index in [2.05, 4.69) is 28.7 Å². The fourth-order valence-corrected chi connectivity index (χ4v) is 3.45. The van der Waals surface area contributed by atoms with Gasteiger partial charge in [-0.3, -0.25) is 4.79 Å². The van der Waals surface area contributed by atoms with Crippen molar-refractivity contribution in [2.24, 2.45) is 0 Å². The lowest BCUT2D eigenvalue weighted by molar-refractivity contribution is -0.120. The van der Waals surface area contributed by atoms with Gasteiger partial charge in [-0.2, -0.15) is 0 Å². The Hall–Kier alpha value is -2.07. The lowest BCUT2D eigenvalue weighted by Crippen LogP contribution is -2.24. The molecule has 0 aliphatic heterocycles. The summed E-state index contributed by atoms with van der Waals surface area (Å²) in [6.45, 7) is 2.77.